The van der Waals surface area contributed by atoms with Gasteiger partial charge in [-0.15, -0.1) is 0 Å². The molecular formula is C16H21NO2. The van der Waals surface area contributed by atoms with Crippen molar-refractivity contribution in [2.75, 3.05) is 18.0 Å². The number of rotatable bonds is 4. The number of nitrogens with zero attached hydrogens (tertiary/aromatic N) is 1. The Morgan fingerprint density at radius 1 is 1.47 bits per heavy atom. The molecule has 1 aliphatic heterocycles. The largest absolute Gasteiger partial charge is 0.478 e. The van der Waals surface area contributed by atoms with Gasteiger partial charge in [0, 0.05) is 24.9 Å². The van der Waals surface area contributed by atoms with Crippen molar-refractivity contribution in [1.82, 2.24) is 0 Å². The Labute approximate surface area is 114 Å². The molecular weight excluding hydrogens is 238 g/mol. The molecule has 0 aliphatic carbocycles. The molecule has 0 radical (unpaired) electrons. The molecule has 1 aromatic rings. The van der Waals surface area contributed by atoms with E-state index >= 15 is 0 Å². The molecule has 102 valence electrons. The molecule has 0 amide bonds. The lowest BCUT2D eigenvalue weighted by molar-refractivity contribution is -0.131. The SMILES string of the molecule is CC(C)CN1CCCc2cc(/C=C/C(=O)O)ccc21. The minimum atomic E-state index is -0.904. The third-order valence-electron chi connectivity index (χ3n) is 3.32. The summed E-state index contributed by atoms with van der Waals surface area (Å²) in [6.07, 6.45) is 5.10. The zero-order valence-electron chi connectivity index (χ0n) is 11.6. The van der Waals surface area contributed by atoms with Crippen LogP contribution in [0.4, 0.5) is 5.69 Å². The van der Waals surface area contributed by atoms with E-state index in [1.54, 1.807) is 6.08 Å². The Kier molecular flexibility index (Phi) is 4.25. The summed E-state index contributed by atoms with van der Waals surface area (Å²) in [5.41, 5.74) is 3.61. The molecule has 0 bridgehead atoms. The lowest BCUT2D eigenvalue weighted by atomic mass is 9.98. The van der Waals surface area contributed by atoms with Gasteiger partial charge in [0.2, 0.25) is 0 Å². The van der Waals surface area contributed by atoms with Gasteiger partial charge in [-0.2, -0.15) is 0 Å². The fourth-order valence-corrected chi connectivity index (χ4v) is 2.60. The number of anilines is 1. The highest BCUT2D eigenvalue weighted by atomic mass is 16.4. The molecule has 1 aliphatic rings. The zero-order chi connectivity index (χ0) is 13.8. The van der Waals surface area contributed by atoms with Gasteiger partial charge in [-0.3, -0.25) is 0 Å². The summed E-state index contributed by atoms with van der Waals surface area (Å²) >= 11 is 0. The third kappa shape index (κ3) is 3.60. The molecule has 1 N–H and O–H groups in total. The number of hydrogen-bond donors (Lipinski definition) is 1. The van der Waals surface area contributed by atoms with Crippen LogP contribution in [-0.2, 0) is 11.2 Å². The van der Waals surface area contributed by atoms with Crippen LogP contribution in [0.1, 0.15) is 31.4 Å². The second-order valence-corrected chi connectivity index (χ2v) is 5.50. The van der Waals surface area contributed by atoms with E-state index in [4.69, 9.17) is 5.11 Å². The van der Waals surface area contributed by atoms with Crippen LogP contribution in [0.2, 0.25) is 0 Å². The second kappa shape index (κ2) is 5.91. The highest BCUT2D eigenvalue weighted by Crippen LogP contribution is 2.29. The van der Waals surface area contributed by atoms with Crippen LogP contribution in [0.25, 0.3) is 6.08 Å². The van der Waals surface area contributed by atoms with Crippen LogP contribution in [0.15, 0.2) is 24.3 Å². The molecule has 0 atom stereocenters. The standard InChI is InChI=1S/C16H21NO2/c1-12(2)11-17-9-3-4-14-10-13(5-7-15(14)17)6-8-16(18)19/h5-8,10,12H,3-4,9,11H2,1-2H3,(H,18,19)/b8-6+. The molecule has 3 nitrogen and oxygen atoms in total. The van der Waals surface area contributed by atoms with Gasteiger partial charge >= 0.3 is 5.97 Å². The van der Waals surface area contributed by atoms with Crippen LogP contribution in [-0.4, -0.2) is 24.2 Å². The first-order valence-electron chi connectivity index (χ1n) is 6.85. The number of aliphatic carboxylic acids is 1. The molecule has 3 heteroatoms. The topological polar surface area (TPSA) is 40.5 Å². The normalized spacial score (nSPS) is 15.0. The quantitative estimate of drug-likeness (QED) is 0.844. The number of benzene rings is 1. The monoisotopic (exact) mass is 259 g/mol. The molecule has 19 heavy (non-hydrogen) atoms. The zero-order valence-corrected chi connectivity index (χ0v) is 11.6. The van der Waals surface area contributed by atoms with Crippen molar-refractivity contribution >= 4 is 17.7 Å². The lowest BCUT2D eigenvalue weighted by Crippen LogP contribution is -2.32. The van der Waals surface area contributed by atoms with Crippen LogP contribution in [0.3, 0.4) is 0 Å². The van der Waals surface area contributed by atoms with Gasteiger partial charge in [0.1, 0.15) is 0 Å². The van der Waals surface area contributed by atoms with E-state index in [-0.39, 0.29) is 0 Å². The molecule has 0 aromatic heterocycles. The third-order valence-corrected chi connectivity index (χ3v) is 3.32. The highest BCUT2D eigenvalue weighted by molar-refractivity contribution is 5.85. The summed E-state index contributed by atoms with van der Waals surface area (Å²) in [6.45, 7) is 6.67. The lowest BCUT2D eigenvalue weighted by Gasteiger charge is -2.32. The summed E-state index contributed by atoms with van der Waals surface area (Å²) in [7, 11) is 0. The maximum atomic E-state index is 10.5. The van der Waals surface area contributed by atoms with E-state index in [1.807, 2.05) is 6.07 Å². The first-order valence-corrected chi connectivity index (χ1v) is 6.85. The maximum Gasteiger partial charge on any atom is 0.328 e. The van der Waals surface area contributed by atoms with E-state index in [2.05, 4.69) is 30.9 Å². The Bertz CT molecular complexity index is 492. The molecule has 0 spiro atoms. The molecule has 2 rings (SSSR count). The van der Waals surface area contributed by atoms with Crippen molar-refractivity contribution in [3.8, 4) is 0 Å². The number of carboxylic acid groups (broad SMARTS) is 1. The van der Waals surface area contributed by atoms with Crippen molar-refractivity contribution in [1.29, 1.82) is 0 Å². The Morgan fingerprint density at radius 3 is 2.95 bits per heavy atom. The molecule has 0 fully saturated rings. The van der Waals surface area contributed by atoms with E-state index in [9.17, 15) is 4.79 Å². The Balaban J connectivity index is 2.22. The predicted octanol–water partition coefficient (Wildman–Crippen LogP) is 3.19. The van der Waals surface area contributed by atoms with Crippen molar-refractivity contribution in [3.05, 3.63) is 35.4 Å². The number of carboxylic acids is 1. The number of carbonyl (C=O) groups is 1. The van der Waals surface area contributed by atoms with E-state index < -0.39 is 5.97 Å². The van der Waals surface area contributed by atoms with Crippen molar-refractivity contribution in [3.63, 3.8) is 0 Å². The number of hydrogen-bond acceptors (Lipinski definition) is 2. The summed E-state index contributed by atoms with van der Waals surface area (Å²) < 4.78 is 0. The van der Waals surface area contributed by atoms with Gasteiger partial charge in [-0.1, -0.05) is 19.9 Å². The summed E-state index contributed by atoms with van der Waals surface area (Å²) in [5, 5.41) is 8.66. The van der Waals surface area contributed by atoms with Gasteiger partial charge in [0.15, 0.2) is 0 Å². The predicted molar refractivity (Wildman–Crippen MR) is 78.5 cm³/mol. The molecule has 0 unspecified atom stereocenters. The fourth-order valence-electron chi connectivity index (χ4n) is 2.60. The van der Waals surface area contributed by atoms with Crippen molar-refractivity contribution in [2.45, 2.75) is 26.7 Å². The second-order valence-electron chi connectivity index (χ2n) is 5.50. The first kappa shape index (κ1) is 13.7. The smallest absolute Gasteiger partial charge is 0.328 e. The minimum Gasteiger partial charge on any atom is -0.478 e. The molecule has 0 saturated heterocycles. The number of fused-ring (bicyclic) bond motifs is 1. The van der Waals surface area contributed by atoms with Crippen LogP contribution >= 0.6 is 0 Å². The van der Waals surface area contributed by atoms with Gasteiger partial charge < -0.3 is 10.0 Å². The van der Waals surface area contributed by atoms with Gasteiger partial charge in [-0.25, -0.2) is 4.79 Å². The minimum absolute atomic E-state index is 0.650. The average Bonchev–Trinajstić information content (AvgIpc) is 2.35. The molecule has 0 saturated carbocycles. The van der Waals surface area contributed by atoms with E-state index in [0.29, 0.717) is 5.92 Å². The summed E-state index contributed by atoms with van der Waals surface area (Å²) in [4.78, 5) is 13.0. The first-order chi connectivity index (χ1) is 9.06. The van der Waals surface area contributed by atoms with Gasteiger partial charge in [0.25, 0.3) is 0 Å². The summed E-state index contributed by atoms with van der Waals surface area (Å²) in [5.74, 6) is -0.253. The highest BCUT2D eigenvalue weighted by Gasteiger charge is 2.17. The van der Waals surface area contributed by atoms with Gasteiger partial charge in [0.05, 0.1) is 0 Å². The van der Waals surface area contributed by atoms with Crippen molar-refractivity contribution < 1.29 is 9.90 Å². The van der Waals surface area contributed by atoms with Crippen LogP contribution in [0.5, 0.6) is 0 Å². The fraction of sp³-hybridized carbons (Fsp3) is 0.438. The Morgan fingerprint density at radius 2 is 2.26 bits per heavy atom. The van der Waals surface area contributed by atoms with Crippen LogP contribution < -0.4 is 4.90 Å². The van der Waals surface area contributed by atoms with Gasteiger partial charge in [-0.05, 0) is 48.1 Å². The molecule has 1 aromatic carbocycles. The van der Waals surface area contributed by atoms with E-state index in [1.165, 1.54) is 23.7 Å². The average molecular weight is 259 g/mol. The van der Waals surface area contributed by atoms with Crippen LogP contribution in [0, 0.1) is 5.92 Å². The van der Waals surface area contributed by atoms with Crippen molar-refractivity contribution in [2.24, 2.45) is 5.92 Å². The molecule has 1 heterocycles. The Hall–Kier alpha value is -1.77. The summed E-state index contributed by atoms with van der Waals surface area (Å²) in [6, 6.07) is 6.23. The number of aryl methyl sites for hydroxylation is 1. The van der Waals surface area contributed by atoms with E-state index in [0.717, 1.165) is 25.1 Å². The maximum absolute atomic E-state index is 10.5.